The number of hydrogen-bond acceptors (Lipinski definition) is 13. The predicted molar refractivity (Wildman–Crippen MR) is 142 cm³/mol. The zero-order valence-electron chi connectivity index (χ0n) is 19.3. The Bertz CT molecular complexity index is 1050. The predicted octanol–water partition coefficient (Wildman–Crippen LogP) is 1.33. The van der Waals surface area contributed by atoms with E-state index in [1.807, 2.05) is 21.0 Å². The van der Waals surface area contributed by atoms with Crippen LogP contribution in [0.2, 0.25) is 0 Å². The number of thiazole rings is 1. The third-order valence-corrected chi connectivity index (χ3v) is 10.6. The normalized spacial score (nSPS) is 23.1. The van der Waals surface area contributed by atoms with Crippen LogP contribution in [0.1, 0.15) is 12.6 Å². The van der Waals surface area contributed by atoms with Gasteiger partial charge in [-0.05, 0) is 19.8 Å². The van der Waals surface area contributed by atoms with Crippen LogP contribution in [0.15, 0.2) is 14.1 Å². The second-order valence-electron chi connectivity index (χ2n) is 7.71. The minimum atomic E-state index is -1.08. The quantitative estimate of drug-likeness (QED) is 0.250. The number of nitrogens with one attached hydrogen (secondary N) is 2. The minimum Gasteiger partial charge on any atom is -0.481 e. The van der Waals surface area contributed by atoms with E-state index in [1.54, 1.807) is 22.0 Å². The summed E-state index contributed by atoms with van der Waals surface area (Å²) in [5.41, 5.74) is 5.06. The lowest BCUT2D eigenvalue weighted by atomic mass is 9.89. The molecule has 11 nitrogen and oxygen atoms in total. The van der Waals surface area contributed by atoms with Crippen molar-refractivity contribution in [1.29, 1.82) is 0 Å². The van der Waals surface area contributed by atoms with Crippen molar-refractivity contribution < 1.29 is 19.5 Å². The van der Waals surface area contributed by atoms with Crippen LogP contribution in [0.5, 0.6) is 0 Å². The Balaban J connectivity index is 0.00000108. The molecule has 16 heteroatoms. The molecule has 0 saturated carbocycles. The fourth-order valence-electron chi connectivity index (χ4n) is 3.34. The van der Waals surface area contributed by atoms with Gasteiger partial charge in [0, 0.05) is 23.4 Å². The van der Waals surface area contributed by atoms with Gasteiger partial charge in [0.15, 0.2) is 13.8 Å². The molecule has 2 fully saturated rings. The molecule has 2 amide bonds. The number of carboxylic acids is 1. The number of carbonyl (C=O) groups is 3. The lowest BCUT2D eigenvalue weighted by Crippen LogP contribution is -2.74. The molecular formula is C19H27N7O4S5. The van der Waals surface area contributed by atoms with Gasteiger partial charge in [0.2, 0.25) is 11.8 Å². The zero-order valence-corrected chi connectivity index (χ0v) is 23.4. The van der Waals surface area contributed by atoms with Crippen LogP contribution < -0.4 is 16.4 Å². The molecule has 2 aromatic rings. The summed E-state index contributed by atoms with van der Waals surface area (Å²) in [5, 5.41) is 25.5. The Morgan fingerprint density at radius 1 is 1.31 bits per heavy atom. The highest BCUT2D eigenvalue weighted by Crippen LogP contribution is 2.45. The lowest BCUT2D eigenvalue weighted by molar-refractivity contribution is -0.157. The van der Waals surface area contributed by atoms with Gasteiger partial charge in [-0.1, -0.05) is 41.8 Å². The van der Waals surface area contributed by atoms with Crippen LogP contribution in [-0.2, 0) is 20.8 Å². The number of rotatable bonds is 9. The van der Waals surface area contributed by atoms with Crippen molar-refractivity contribution in [2.75, 3.05) is 43.6 Å². The van der Waals surface area contributed by atoms with Crippen molar-refractivity contribution in [3.05, 3.63) is 11.1 Å². The number of nitrogens with zero attached hydrogens (tertiary/aromatic N) is 4. The van der Waals surface area contributed by atoms with Crippen LogP contribution in [0.25, 0.3) is 0 Å². The highest BCUT2D eigenvalue weighted by molar-refractivity contribution is 8.03. The lowest BCUT2D eigenvalue weighted by Gasteiger charge is -2.53. The molecule has 35 heavy (non-hydrogen) atoms. The van der Waals surface area contributed by atoms with Gasteiger partial charge in [-0.15, -0.1) is 33.3 Å². The van der Waals surface area contributed by atoms with Crippen molar-refractivity contribution in [1.82, 2.24) is 30.7 Å². The van der Waals surface area contributed by atoms with E-state index in [-0.39, 0.29) is 30.2 Å². The number of carboxylic acid groups (broad SMARTS) is 1. The Morgan fingerprint density at radius 3 is 2.60 bits per heavy atom. The second-order valence-corrected chi connectivity index (χ2v) is 13.4. The molecule has 2 unspecified atom stereocenters. The third-order valence-electron chi connectivity index (χ3n) is 4.95. The van der Waals surface area contributed by atoms with E-state index in [2.05, 4.69) is 25.8 Å². The van der Waals surface area contributed by atoms with Gasteiger partial charge >= 0.3 is 5.97 Å². The first-order valence-electron chi connectivity index (χ1n) is 10.5. The summed E-state index contributed by atoms with van der Waals surface area (Å²) in [5.74, 6) is 0.0135. The summed E-state index contributed by atoms with van der Waals surface area (Å²) >= 11 is 7.04. The molecule has 0 radical (unpaired) electrons. The van der Waals surface area contributed by atoms with Crippen molar-refractivity contribution in [2.45, 2.75) is 33.4 Å². The summed E-state index contributed by atoms with van der Waals surface area (Å²) in [7, 11) is 3.75. The molecule has 3 atom stereocenters. The molecular weight excluding hydrogens is 551 g/mol. The van der Waals surface area contributed by atoms with Gasteiger partial charge in [0.05, 0.1) is 12.1 Å². The number of nitrogen functional groups attached to an aromatic ring is 1. The number of hydrogen-bond donors (Lipinski definition) is 4. The summed E-state index contributed by atoms with van der Waals surface area (Å²) in [6, 6.07) is -0.653. The number of carbonyl (C=O) groups excluding carboxylic acids is 2. The number of thioether (sulfide) groups is 3. The highest BCUT2D eigenvalue weighted by atomic mass is 32.2. The van der Waals surface area contributed by atoms with E-state index in [4.69, 9.17) is 5.73 Å². The summed E-state index contributed by atoms with van der Waals surface area (Å²) < 4.78 is 1.57. The molecule has 4 heterocycles. The summed E-state index contributed by atoms with van der Waals surface area (Å²) in [6.45, 7) is 2.14. The number of aromatic nitrogens is 3. The molecule has 0 spiro atoms. The van der Waals surface area contributed by atoms with Crippen molar-refractivity contribution in [3.8, 4) is 0 Å². The first-order valence-corrected chi connectivity index (χ1v) is 15.3. The van der Waals surface area contributed by atoms with Gasteiger partial charge in [-0.2, -0.15) is 0 Å². The van der Waals surface area contributed by atoms with E-state index in [0.29, 0.717) is 22.3 Å². The molecule has 192 valence electrons. The van der Waals surface area contributed by atoms with Crippen LogP contribution in [0.3, 0.4) is 0 Å². The van der Waals surface area contributed by atoms with Crippen molar-refractivity contribution in [3.63, 3.8) is 0 Å². The first-order chi connectivity index (χ1) is 16.7. The number of nitrogens with two attached hydrogens (primary N) is 1. The van der Waals surface area contributed by atoms with E-state index >= 15 is 0 Å². The fraction of sp³-hybridized carbons (Fsp3) is 0.579. The molecule has 0 aliphatic carbocycles. The molecule has 0 bridgehead atoms. The first kappa shape index (κ1) is 28.0. The van der Waals surface area contributed by atoms with Gasteiger partial charge < -0.3 is 26.4 Å². The second kappa shape index (κ2) is 12.6. The molecule has 2 aromatic heterocycles. The van der Waals surface area contributed by atoms with Crippen molar-refractivity contribution >= 4 is 80.9 Å². The molecule has 2 aliphatic heterocycles. The molecule has 2 aliphatic rings. The van der Waals surface area contributed by atoms with Gasteiger partial charge in [0.1, 0.15) is 16.8 Å². The third kappa shape index (κ3) is 6.80. The maximum Gasteiger partial charge on any atom is 0.313 e. The maximum atomic E-state index is 12.7. The molecule has 4 rings (SSSR count). The highest BCUT2D eigenvalue weighted by Gasteiger charge is 2.57. The number of anilines is 1. The standard InChI is InChI=1S/C17H20N6O4S5.C2H7N/c1-2-28-15-21-22-16(32-15)31-7-17(13(26)27)5-23-11(25)10(12(23)30-6-17)20-9(24)3-8-4-29-14(18)19-8;1-3-2/h4,10,12H,2-3,5-7H2,1H3,(H2,18,19)(H,20,24)(H,26,27);3H,1-2H3/t10?,12-,17?;/m1./s1. The van der Waals surface area contributed by atoms with Crippen molar-refractivity contribution in [2.24, 2.45) is 5.41 Å². The average Bonchev–Trinajstić information content (AvgIpc) is 3.45. The van der Waals surface area contributed by atoms with E-state index in [1.165, 1.54) is 46.2 Å². The molecule has 5 N–H and O–H groups in total. The molecule has 2 saturated heterocycles. The monoisotopic (exact) mass is 577 g/mol. The number of fused-ring (bicyclic) bond motifs is 1. The Morgan fingerprint density at radius 2 is 2.00 bits per heavy atom. The Labute approximate surface area is 223 Å². The van der Waals surface area contributed by atoms with Crippen LogP contribution >= 0.6 is 58.0 Å². The van der Waals surface area contributed by atoms with Crippen LogP contribution in [0, 0.1) is 5.41 Å². The fourth-order valence-corrected chi connectivity index (χ4v) is 8.68. The van der Waals surface area contributed by atoms with Crippen LogP contribution in [-0.4, -0.2) is 92.3 Å². The Hall–Kier alpha value is -1.59. The van der Waals surface area contributed by atoms with E-state index in [0.717, 1.165) is 14.4 Å². The topological polar surface area (TPSA) is 163 Å². The smallest absolute Gasteiger partial charge is 0.313 e. The zero-order chi connectivity index (χ0) is 25.6. The Kier molecular flexibility index (Phi) is 10.1. The minimum absolute atomic E-state index is 0.0464. The SMILES string of the molecule is CCSc1nnc(SCC2(C(=O)O)CS[C@@H]3C(NC(=O)Cc4csc(N)n4)C(=O)N3C2)s1.CNC. The van der Waals surface area contributed by atoms with Gasteiger partial charge in [0.25, 0.3) is 0 Å². The van der Waals surface area contributed by atoms with E-state index < -0.39 is 17.4 Å². The number of β-lactam (4-membered cyclic amide) rings is 1. The summed E-state index contributed by atoms with van der Waals surface area (Å²) in [4.78, 5) is 42.8. The molecule has 0 aromatic carbocycles. The number of aliphatic carboxylic acids is 1. The summed E-state index contributed by atoms with van der Waals surface area (Å²) in [6.07, 6.45) is 0.0464. The maximum absolute atomic E-state index is 12.7. The van der Waals surface area contributed by atoms with Gasteiger partial charge in [-0.25, -0.2) is 4.98 Å². The number of amides is 2. The largest absolute Gasteiger partial charge is 0.481 e. The van der Waals surface area contributed by atoms with Crippen LogP contribution in [0.4, 0.5) is 5.13 Å². The average molecular weight is 578 g/mol. The van der Waals surface area contributed by atoms with Gasteiger partial charge in [-0.3, -0.25) is 14.4 Å². The van der Waals surface area contributed by atoms with E-state index in [9.17, 15) is 19.5 Å².